The molecule has 32 atom stereocenters. The van der Waals surface area contributed by atoms with Crippen LogP contribution in [0.1, 0.15) is 291 Å². The maximum Gasteiger partial charge on any atom is 0.115 e. The number of aliphatic hydroxyl groups is 5. The third-order valence-electron chi connectivity index (χ3n) is 36.3. The Balaban J connectivity index is 0.000000201. The van der Waals surface area contributed by atoms with Crippen molar-refractivity contribution in [3.63, 3.8) is 0 Å². The van der Waals surface area contributed by atoms with Crippen LogP contribution in [0, 0.1) is 189 Å². The summed E-state index contributed by atoms with van der Waals surface area (Å²) >= 11 is 0. The van der Waals surface area contributed by atoms with Crippen molar-refractivity contribution in [2.24, 2.45) is 189 Å². The van der Waals surface area contributed by atoms with Crippen LogP contribution in [0.15, 0.2) is 249 Å². The van der Waals surface area contributed by atoms with Crippen LogP contribution in [0.3, 0.4) is 0 Å². The Morgan fingerprint density at radius 1 is 0.141 bits per heavy atom. The number of aromatic hydroxyl groups is 1. The van der Waals surface area contributed by atoms with Gasteiger partial charge in [0.25, 0.3) is 0 Å². The van der Waals surface area contributed by atoms with Crippen molar-refractivity contribution in [3.8, 4) is 5.75 Å². The molecule has 9 aromatic carbocycles. The normalized spacial score (nSPS) is 34.5. The van der Waals surface area contributed by atoms with E-state index in [-0.39, 0.29) is 0 Å². The summed E-state index contributed by atoms with van der Waals surface area (Å²) < 4.78 is 0. The number of hydrogen-bond donors (Lipinski definition) is 6. The summed E-state index contributed by atoms with van der Waals surface area (Å²) in [5.74, 6) is 39.5. The second-order valence-corrected chi connectivity index (χ2v) is 39.9. The Morgan fingerprint density at radius 2 is 0.252 bits per heavy atom. The lowest BCUT2D eigenvalue weighted by atomic mass is 9.64. The quantitative estimate of drug-likeness (QED) is 0.0842. The first-order valence-corrected chi connectivity index (χ1v) is 56.3. The molecule has 6 heteroatoms. The molecular weight excluding hydrogens is 1650 g/mol. The number of aliphatic hydroxyl groups excluding tert-OH is 5. The predicted molar refractivity (Wildman–Crippen MR) is 585 cm³/mol. The number of hydrogen-bond acceptors (Lipinski definition) is 6. The van der Waals surface area contributed by atoms with E-state index in [1.54, 1.807) is 204 Å². The second-order valence-electron chi connectivity index (χ2n) is 39.9. The van der Waals surface area contributed by atoms with Gasteiger partial charge in [0.2, 0.25) is 0 Å². The van der Waals surface area contributed by atoms with Gasteiger partial charge in [-0.2, -0.15) is 0 Å². The molecule has 29 rings (SSSR count). The van der Waals surface area contributed by atoms with Gasteiger partial charge in [0.15, 0.2) is 0 Å². The van der Waals surface area contributed by atoms with Crippen LogP contribution in [0.25, 0.3) is 32.3 Å². The number of fused-ring (bicyclic) bond motifs is 51. The molecule has 0 heterocycles. The highest BCUT2D eigenvalue weighted by molar-refractivity contribution is 5.83. The third kappa shape index (κ3) is 27.2. The SMILES string of the molecule is C1CC2C(C1)C1CC2C2C3CCC(C3)C12.C1CC2C(C1)C1CC2C2C3CCC(C3)C12.C1CC2C(C1)C1CC2C2C3CCC(C3)C12.C1CC2C(C1)C1CC2C2C3CCC(C3)C12.CC.CC.CC.CC.CC.CC.CC.CC.CO.CO.CO.CO.CO.Oc1ccccc1.c1ccc2ccccc2c1.c1ccc2ccccc2c1.c1ccc2ccccc2c1.c1ccccc1.c1ccccc1. The fraction of sp³-hybridized carbons (Fsp3) is 0.628. The first-order chi connectivity index (χ1) is 67.0. The van der Waals surface area contributed by atoms with Crippen molar-refractivity contribution in [2.75, 3.05) is 35.5 Å². The zero-order valence-corrected chi connectivity index (χ0v) is 89.1. The van der Waals surface area contributed by atoms with Crippen LogP contribution in [0.5, 0.6) is 5.75 Å². The smallest absolute Gasteiger partial charge is 0.115 e. The van der Waals surface area contributed by atoms with Gasteiger partial charge in [0, 0.05) is 35.5 Å². The van der Waals surface area contributed by atoms with E-state index in [0.29, 0.717) is 5.75 Å². The molecule has 20 fully saturated rings. The molecule has 20 saturated carbocycles. The van der Waals surface area contributed by atoms with Crippen molar-refractivity contribution in [1.29, 1.82) is 0 Å². The lowest BCUT2D eigenvalue weighted by Gasteiger charge is -2.40. The Hall–Kier alpha value is -6.64. The zero-order chi connectivity index (χ0) is 98.3. The minimum Gasteiger partial charge on any atom is -0.508 e. The monoisotopic (exact) mass is 1840 g/mol. The molecule has 32 unspecified atom stereocenters. The average molecular weight is 1840 g/mol. The fourth-order valence-corrected chi connectivity index (χ4v) is 33.7. The minimum atomic E-state index is 0.322. The summed E-state index contributed by atoms with van der Waals surface area (Å²) in [7, 11) is 5.00. The van der Waals surface area contributed by atoms with Gasteiger partial charge in [-0.15, -0.1) is 0 Å². The Bertz CT molecular complexity index is 3620. The van der Waals surface area contributed by atoms with Gasteiger partial charge in [-0.1, -0.05) is 373 Å². The van der Waals surface area contributed by atoms with E-state index in [1.807, 2.05) is 190 Å². The lowest BCUT2D eigenvalue weighted by molar-refractivity contribution is 0.0716. The molecule has 20 aliphatic carbocycles. The molecule has 16 bridgehead atoms. The Kier molecular flexibility index (Phi) is 54.0. The van der Waals surface area contributed by atoms with E-state index in [0.717, 1.165) is 35.5 Å². The van der Waals surface area contributed by atoms with E-state index in [4.69, 9.17) is 30.6 Å². The van der Waals surface area contributed by atoms with E-state index < -0.39 is 0 Å². The first-order valence-electron chi connectivity index (χ1n) is 56.3. The number of benzene rings is 9. The van der Waals surface area contributed by atoms with Crippen LogP contribution in [-0.4, -0.2) is 66.2 Å². The van der Waals surface area contributed by atoms with Gasteiger partial charge in [-0.3, -0.25) is 0 Å². The molecule has 0 radical (unpaired) electrons. The van der Waals surface area contributed by atoms with Crippen molar-refractivity contribution in [2.45, 2.75) is 291 Å². The molecule has 9 aromatic rings. The Morgan fingerprint density at radius 3 is 0.363 bits per heavy atom. The van der Waals surface area contributed by atoms with Crippen LogP contribution < -0.4 is 0 Å². The number of phenolic OH excluding ortho intramolecular Hbond substituents is 1. The van der Waals surface area contributed by atoms with Gasteiger partial charge in [-0.05, 0) is 388 Å². The van der Waals surface area contributed by atoms with Crippen LogP contribution >= 0.6 is 0 Å². The van der Waals surface area contributed by atoms with Crippen LogP contribution in [0.2, 0.25) is 0 Å². The van der Waals surface area contributed by atoms with Gasteiger partial charge < -0.3 is 30.6 Å². The molecule has 6 nitrogen and oxygen atoms in total. The highest BCUT2D eigenvalue weighted by atomic mass is 16.3. The summed E-state index contributed by atoms with van der Waals surface area (Å²) in [6.07, 6.45) is 45.5. The molecule has 0 aliphatic heterocycles. The average Bonchev–Trinajstić information content (AvgIpc) is 1.55. The van der Waals surface area contributed by atoms with Gasteiger partial charge in [0.1, 0.15) is 5.75 Å². The zero-order valence-electron chi connectivity index (χ0n) is 89.1. The second kappa shape index (κ2) is 63.2. The maximum absolute atomic E-state index is 8.63. The maximum atomic E-state index is 8.63. The van der Waals surface area contributed by atoms with Crippen molar-refractivity contribution in [1.82, 2.24) is 0 Å². The molecule has 0 aromatic heterocycles. The third-order valence-corrected chi connectivity index (χ3v) is 36.3. The minimum absolute atomic E-state index is 0.322. The van der Waals surface area contributed by atoms with Crippen LogP contribution in [0.4, 0.5) is 0 Å². The molecule has 0 amide bonds. The molecule has 0 saturated heterocycles. The Labute approximate surface area is 827 Å². The predicted octanol–water partition coefficient (Wildman–Crippen LogP) is 34.4. The fourth-order valence-electron chi connectivity index (χ4n) is 33.7. The molecule has 20 aliphatic rings. The first kappa shape index (κ1) is 115. The largest absolute Gasteiger partial charge is 0.508 e. The highest BCUT2D eigenvalue weighted by Crippen LogP contribution is 2.77. The van der Waals surface area contributed by atoms with Gasteiger partial charge in [-0.25, -0.2) is 0 Å². The van der Waals surface area contributed by atoms with Crippen LogP contribution in [-0.2, 0) is 0 Å². The molecular formula is C129H198O6. The molecule has 0 spiro atoms. The molecule has 135 heavy (non-hydrogen) atoms. The van der Waals surface area contributed by atoms with E-state index in [2.05, 4.69) is 146 Å². The number of phenols is 1. The highest BCUT2D eigenvalue weighted by Gasteiger charge is 2.70. The van der Waals surface area contributed by atoms with Crippen molar-refractivity contribution >= 4 is 32.3 Å². The van der Waals surface area contributed by atoms with E-state index in [1.165, 1.54) is 222 Å². The standard InChI is InChI=1S/4C15H22.3C10H8.C6H6O.2C6H6.8C2H6.5CH4O/c4*1-2-10-11(3-1)13-7-12(10)14-8-4-5-9(6-8)15(13)14;3*1-2-6-10-8-4-3-7-9(10)5-1;7-6-4-2-1-3-5-6;2*1-2-4-6-5-3-1;13*1-2/h4*8-15H,1-7H2;3*1-8H;1-5,7H;2*1-6H;8*1-2H3;5*2H,1H3. The number of rotatable bonds is 0. The molecule has 6 N–H and O–H groups in total. The number of para-hydroxylation sites is 1. The molecule has 750 valence electrons. The lowest BCUT2D eigenvalue weighted by Crippen LogP contribution is -2.35. The van der Waals surface area contributed by atoms with Gasteiger partial charge >= 0.3 is 0 Å². The van der Waals surface area contributed by atoms with E-state index >= 15 is 0 Å². The summed E-state index contributed by atoms with van der Waals surface area (Å²) in [6, 6.07) is 82.9. The van der Waals surface area contributed by atoms with Gasteiger partial charge in [0.05, 0.1) is 0 Å². The summed E-state index contributed by atoms with van der Waals surface area (Å²) in [5, 5.41) is 51.5. The summed E-state index contributed by atoms with van der Waals surface area (Å²) in [5.41, 5.74) is 0. The van der Waals surface area contributed by atoms with Crippen molar-refractivity contribution < 1.29 is 30.6 Å². The summed E-state index contributed by atoms with van der Waals surface area (Å²) in [6.45, 7) is 32.0. The topological polar surface area (TPSA) is 121 Å². The van der Waals surface area contributed by atoms with E-state index in [9.17, 15) is 0 Å². The summed E-state index contributed by atoms with van der Waals surface area (Å²) in [4.78, 5) is 0. The van der Waals surface area contributed by atoms with Crippen molar-refractivity contribution in [3.05, 3.63) is 249 Å².